The maximum atomic E-state index is 8.60. The van der Waals surface area contributed by atoms with Crippen molar-refractivity contribution in [2.45, 2.75) is 26.4 Å². The molecule has 0 aliphatic rings. The molecule has 0 heterocycles. The molecular weight excluding hydrogens is 142 g/mol. The Morgan fingerprint density at radius 3 is 2.64 bits per heavy atom. The van der Waals surface area contributed by atoms with E-state index in [1.165, 1.54) is 0 Å². The molecule has 0 bridgehead atoms. The highest BCUT2D eigenvalue weighted by molar-refractivity contribution is 4.87. The highest BCUT2D eigenvalue weighted by atomic mass is 16.5. The molecule has 0 amide bonds. The lowest BCUT2D eigenvalue weighted by Gasteiger charge is -2.15. The van der Waals surface area contributed by atoms with E-state index >= 15 is 0 Å². The fourth-order valence-corrected chi connectivity index (χ4v) is 0.723. The summed E-state index contributed by atoms with van der Waals surface area (Å²) in [4.78, 5) is 0. The number of aliphatic hydroxyl groups excluding tert-OH is 1. The van der Waals surface area contributed by atoms with E-state index in [4.69, 9.17) is 15.1 Å². The smallest absolute Gasteiger partial charge is 0.146 e. The van der Waals surface area contributed by atoms with Crippen LogP contribution >= 0.6 is 0 Å². The number of hydrogen-bond acceptors (Lipinski definition) is 3. The monoisotopic (exact) mass is 157 g/mol. The van der Waals surface area contributed by atoms with Gasteiger partial charge >= 0.3 is 0 Å². The van der Waals surface area contributed by atoms with Crippen LogP contribution in [0.3, 0.4) is 0 Å². The van der Waals surface area contributed by atoms with Gasteiger partial charge in [0, 0.05) is 0 Å². The second-order valence-corrected chi connectivity index (χ2v) is 2.53. The molecular formula is C8H15NO2. The Morgan fingerprint density at radius 2 is 2.27 bits per heavy atom. The first-order valence-corrected chi connectivity index (χ1v) is 3.88. The Kier molecular flexibility index (Phi) is 5.81. The maximum absolute atomic E-state index is 8.60. The third kappa shape index (κ3) is 3.97. The van der Waals surface area contributed by atoms with Crippen LogP contribution in [0, 0.1) is 17.2 Å². The molecule has 0 fully saturated rings. The van der Waals surface area contributed by atoms with Gasteiger partial charge in [0.2, 0.25) is 0 Å². The van der Waals surface area contributed by atoms with Crippen molar-refractivity contribution in [2.75, 3.05) is 13.2 Å². The van der Waals surface area contributed by atoms with Crippen molar-refractivity contribution in [1.82, 2.24) is 0 Å². The third-order valence-electron chi connectivity index (χ3n) is 1.68. The van der Waals surface area contributed by atoms with Crippen molar-refractivity contribution < 1.29 is 9.84 Å². The van der Waals surface area contributed by atoms with Gasteiger partial charge in [0.05, 0.1) is 19.3 Å². The summed E-state index contributed by atoms with van der Waals surface area (Å²) in [5.74, 6) is 0.242. The molecule has 3 nitrogen and oxygen atoms in total. The van der Waals surface area contributed by atoms with Gasteiger partial charge in [-0.15, -0.1) is 0 Å². The number of ether oxygens (including phenoxy) is 1. The average molecular weight is 157 g/mol. The highest BCUT2D eigenvalue weighted by Crippen LogP contribution is 2.09. The molecule has 0 rings (SSSR count). The van der Waals surface area contributed by atoms with Crippen LogP contribution < -0.4 is 0 Å². The largest absolute Gasteiger partial charge is 0.394 e. The van der Waals surface area contributed by atoms with Crippen LogP contribution in [0.1, 0.15) is 20.3 Å². The lowest BCUT2D eigenvalue weighted by molar-refractivity contribution is 0.0303. The van der Waals surface area contributed by atoms with Gasteiger partial charge in [0.1, 0.15) is 6.10 Å². The van der Waals surface area contributed by atoms with Gasteiger partial charge in [0.15, 0.2) is 0 Å². The minimum atomic E-state index is -0.368. The molecule has 0 saturated carbocycles. The standard InChI is InChI=1S/C8H15NO2/c1-3-7(2)8(6-9)11-5-4-10/h7-8,10H,3-5H2,1-2H3. The van der Waals surface area contributed by atoms with Gasteiger partial charge in [0.25, 0.3) is 0 Å². The molecule has 3 heteroatoms. The molecule has 0 aromatic heterocycles. The van der Waals surface area contributed by atoms with Gasteiger partial charge in [-0.05, 0) is 5.92 Å². The zero-order valence-electron chi connectivity index (χ0n) is 7.08. The Hall–Kier alpha value is -0.590. The van der Waals surface area contributed by atoms with Gasteiger partial charge in [-0.25, -0.2) is 0 Å². The minimum Gasteiger partial charge on any atom is -0.394 e. The van der Waals surface area contributed by atoms with E-state index in [2.05, 4.69) is 6.07 Å². The van der Waals surface area contributed by atoms with Crippen molar-refractivity contribution in [1.29, 1.82) is 5.26 Å². The van der Waals surface area contributed by atoms with Crippen LogP contribution in [0.15, 0.2) is 0 Å². The van der Waals surface area contributed by atoms with E-state index in [9.17, 15) is 0 Å². The van der Waals surface area contributed by atoms with Crippen LogP contribution in [0.4, 0.5) is 0 Å². The van der Waals surface area contributed by atoms with Crippen molar-refractivity contribution in [3.63, 3.8) is 0 Å². The summed E-state index contributed by atoms with van der Waals surface area (Å²) >= 11 is 0. The molecule has 0 saturated heterocycles. The fraction of sp³-hybridized carbons (Fsp3) is 0.875. The van der Waals surface area contributed by atoms with Gasteiger partial charge in [-0.1, -0.05) is 20.3 Å². The molecule has 2 unspecified atom stereocenters. The molecule has 1 N–H and O–H groups in total. The van der Waals surface area contributed by atoms with Crippen molar-refractivity contribution in [3.8, 4) is 6.07 Å². The number of hydrogen-bond donors (Lipinski definition) is 1. The topological polar surface area (TPSA) is 53.2 Å². The fourth-order valence-electron chi connectivity index (χ4n) is 0.723. The highest BCUT2D eigenvalue weighted by Gasteiger charge is 2.14. The first-order chi connectivity index (χ1) is 5.26. The molecule has 0 aliphatic heterocycles. The molecule has 0 aliphatic carbocycles. The number of rotatable bonds is 5. The molecule has 0 radical (unpaired) electrons. The summed E-state index contributed by atoms with van der Waals surface area (Å²) < 4.78 is 5.08. The summed E-state index contributed by atoms with van der Waals surface area (Å²) in [6.07, 6.45) is 0.552. The first kappa shape index (κ1) is 10.4. The maximum Gasteiger partial charge on any atom is 0.146 e. The van der Waals surface area contributed by atoms with Crippen molar-refractivity contribution in [3.05, 3.63) is 0 Å². The predicted molar refractivity (Wildman–Crippen MR) is 41.9 cm³/mol. The van der Waals surface area contributed by atoms with Crippen LogP contribution in [-0.4, -0.2) is 24.4 Å². The van der Waals surface area contributed by atoms with Gasteiger partial charge in [-0.3, -0.25) is 0 Å². The van der Waals surface area contributed by atoms with Crippen LogP contribution in [-0.2, 0) is 4.74 Å². The molecule has 2 atom stereocenters. The number of nitriles is 1. The molecule has 0 aromatic rings. The zero-order valence-corrected chi connectivity index (χ0v) is 7.08. The van der Waals surface area contributed by atoms with Crippen molar-refractivity contribution >= 4 is 0 Å². The van der Waals surface area contributed by atoms with E-state index in [1.807, 2.05) is 13.8 Å². The first-order valence-electron chi connectivity index (χ1n) is 3.88. The van der Waals surface area contributed by atoms with E-state index in [0.29, 0.717) is 0 Å². The molecule has 11 heavy (non-hydrogen) atoms. The Morgan fingerprint density at radius 1 is 1.64 bits per heavy atom. The predicted octanol–water partition coefficient (Wildman–Crippen LogP) is 0.934. The Balaban J connectivity index is 3.68. The Labute approximate surface area is 67.6 Å². The summed E-state index contributed by atoms with van der Waals surface area (Å²) in [6.45, 7) is 4.21. The average Bonchev–Trinajstić information content (AvgIpc) is 2.05. The lowest BCUT2D eigenvalue weighted by Crippen LogP contribution is -2.21. The summed E-state index contributed by atoms with van der Waals surface area (Å²) in [5, 5.41) is 17.0. The zero-order chi connectivity index (χ0) is 8.69. The molecule has 64 valence electrons. The van der Waals surface area contributed by atoms with Crippen molar-refractivity contribution in [2.24, 2.45) is 5.92 Å². The quantitative estimate of drug-likeness (QED) is 0.646. The summed E-state index contributed by atoms with van der Waals surface area (Å²) in [6, 6.07) is 2.05. The third-order valence-corrected chi connectivity index (χ3v) is 1.68. The Bertz CT molecular complexity index is 131. The van der Waals surface area contributed by atoms with Crippen LogP contribution in [0.5, 0.6) is 0 Å². The normalized spacial score (nSPS) is 15.5. The van der Waals surface area contributed by atoms with E-state index in [-0.39, 0.29) is 25.2 Å². The van der Waals surface area contributed by atoms with Crippen LogP contribution in [0.2, 0.25) is 0 Å². The molecule has 0 aromatic carbocycles. The van der Waals surface area contributed by atoms with Gasteiger partial charge in [-0.2, -0.15) is 5.26 Å². The van der Waals surface area contributed by atoms with Gasteiger partial charge < -0.3 is 9.84 Å². The van der Waals surface area contributed by atoms with Crippen LogP contribution in [0.25, 0.3) is 0 Å². The number of aliphatic hydroxyl groups is 1. The number of nitrogens with zero attached hydrogens (tertiary/aromatic N) is 1. The lowest BCUT2D eigenvalue weighted by atomic mass is 10.0. The SMILES string of the molecule is CCC(C)C(C#N)OCCO. The molecule has 0 spiro atoms. The van der Waals surface area contributed by atoms with E-state index < -0.39 is 0 Å². The van der Waals surface area contributed by atoms with E-state index in [0.717, 1.165) is 6.42 Å². The van der Waals surface area contributed by atoms with E-state index in [1.54, 1.807) is 0 Å². The second-order valence-electron chi connectivity index (χ2n) is 2.53. The summed E-state index contributed by atoms with van der Waals surface area (Å²) in [7, 11) is 0. The minimum absolute atomic E-state index is 0.0192. The summed E-state index contributed by atoms with van der Waals surface area (Å²) in [5.41, 5.74) is 0. The second kappa shape index (κ2) is 6.14.